The Labute approximate surface area is 99.3 Å². The summed E-state index contributed by atoms with van der Waals surface area (Å²) in [7, 11) is 0. The zero-order chi connectivity index (χ0) is 6.69. The van der Waals surface area contributed by atoms with Gasteiger partial charge in [0.2, 0.25) is 0 Å². The molecule has 0 saturated heterocycles. The van der Waals surface area contributed by atoms with Crippen LogP contribution in [-0.2, 0) is 0 Å². The van der Waals surface area contributed by atoms with Gasteiger partial charge in [0.05, 0.1) is 18.0 Å². The van der Waals surface area contributed by atoms with Crippen LogP contribution >= 0.6 is 0 Å². The standard InChI is InChI=1S/C4H3N3O2.K.H/c8-4(9)3-1-5-7-6-2-3;;/h1-2H,(H,8,9);;. The zero-order valence-corrected chi connectivity index (χ0v) is 4.35. The molecule has 1 N–H and O–H groups in total. The van der Waals surface area contributed by atoms with Gasteiger partial charge < -0.3 is 5.11 Å². The molecular weight excluding hydrogens is 161 g/mol. The maximum absolute atomic E-state index is 10.1. The van der Waals surface area contributed by atoms with Crippen LogP contribution in [0.2, 0.25) is 0 Å². The summed E-state index contributed by atoms with van der Waals surface area (Å²) < 4.78 is 0. The molecule has 6 heteroatoms. The van der Waals surface area contributed by atoms with Crippen molar-refractivity contribution in [3.8, 4) is 0 Å². The van der Waals surface area contributed by atoms with Gasteiger partial charge in [-0.1, -0.05) is 0 Å². The van der Waals surface area contributed by atoms with E-state index in [9.17, 15) is 4.79 Å². The first-order chi connectivity index (χ1) is 4.30. The Kier molecular flexibility index (Phi) is 4.92. The Bertz CT molecular complexity index is 215. The summed E-state index contributed by atoms with van der Waals surface area (Å²) in [6, 6.07) is 0. The van der Waals surface area contributed by atoms with Gasteiger partial charge in [0, 0.05) is 0 Å². The molecule has 1 aromatic heterocycles. The molecule has 1 heterocycles. The van der Waals surface area contributed by atoms with Crippen molar-refractivity contribution in [2.45, 2.75) is 0 Å². The van der Waals surface area contributed by atoms with E-state index in [0.29, 0.717) is 0 Å². The minimum absolute atomic E-state index is 0. The average Bonchev–Trinajstić information content (AvgIpc) is 1.90. The zero-order valence-electron chi connectivity index (χ0n) is 4.35. The molecule has 0 spiro atoms. The normalized spacial score (nSPS) is 8.00. The molecule has 0 radical (unpaired) electrons. The van der Waals surface area contributed by atoms with E-state index in [4.69, 9.17) is 5.11 Å². The van der Waals surface area contributed by atoms with Gasteiger partial charge in [-0.2, -0.15) is 0 Å². The van der Waals surface area contributed by atoms with E-state index in [1.165, 1.54) is 0 Å². The average molecular weight is 165 g/mol. The van der Waals surface area contributed by atoms with Crippen LogP contribution in [0.5, 0.6) is 0 Å². The summed E-state index contributed by atoms with van der Waals surface area (Å²) in [5.41, 5.74) is 0.0463. The van der Waals surface area contributed by atoms with Crippen LogP contribution in [0.4, 0.5) is 0 Å². The molecule has 0 unspecified atom stereocenters. The molecule has 0 aliphatic carbocycles. The molecule has 0 aliphatic rings. The van der Waals surface area contributed by atoms with Crippen molar-refractivity contribution in [3.05, 3.63) is 18.0 Å². The van der Waals surface area contributed by atoms with Crippen LogP contribution < -0.4 is 0 Å². The monoisotopic (exact) mass is 165 g/mol. The second-order valence-electron chi connectivity index (χ2n) is 1.34. The summed E-state index contributed by atoms with van der Waals surface area (Å²) in [4.78, 5) is 10.1. The number of hydrogen-bond acceptors (Lipinski definition) is 4. The number of nitrogens with zero attached hydrogens (tertiary/aromatic N) is 3. The molecule has 0 fully saturated rings. The second-order valence-corrected chi connectivity index (χ2v) is 1.34. The Morgan fingerprint density at radius 1 is 1.40 bits per heavy atom. The molecule has 1 aromatic rings. The van der Waals surface area contributed by atoms with E-state index >= 15 is 0 Å². The SMILES string of the molecule is O=C(O)c1cnnnc1.[KH]. The van der Waals surface area contributed by atoms with Gasteiger partial charge >= 0.3 is 57.4 Å². The Morgan fingerprint density at radius 3 is 2.20 bits per heavy atom. The van der Waals surface area contributed by atoms with Crippen LogP contribution in [0.25, 0.3) is 0 Å². The van der Waals surface area contributed by atoms with Gasteiger partial charge in [0.25, 0.3) is 0 Å². The Hall–Kier alpha value is 0.116. The van der Waals surface area contributed by atoms with Gasteiger partial charge in [-0.25, -0.2) is 4.79 Å². The predicted octanol–water partition coefficient (Wildman–Crippen LogP) is -1.08. The van der Waals surface area contributed by atoms with Gasteiger partial charge in [-0.3, -0.25) is 0 Å². The summed E-state index contributed by atoms with van der Waals surface area (Å²) >= 11 is 0. The predicted molar refractivity (Wildman–Crippen MR) is 33.9 cm³/mol. The quantitative estimate of drug-likeness (QED) is 0.536. The van der Waals surface area contributed by atoms with Gasteiger partial charge in [-0.15, -0.1) is 10.2 Å². The van der Waals surface area contributed by atoms with Crippen molar-refractivity contribution < 1.29 is 9.90 Å². The number of carboxylic acids is 1. The van der Waals surface area contributed by atoms with E-state index in [0.717, 1.165) is 12.4 Å². The summed E-state index contributed by atoms with van der Waals surface area (Å²) in [5.74, 6) is -1.04. The van der Waals surface area contributed by atoms with Crippen molar-refractivity contribution >= 4 is 57.4 Å². The maximum atomic E-state index is 10.1. The van der Waals surface area contributed by atoms with E-state index in [1.807, 2.05) is 0 Å². The van der Waals surface area contributed by atoms with Crippen molar-refractivity contribution in [1.29, 1.82) is 0 Å². The fourth-order valence-electron chi connectivity index (χ4n) is 0.350. The molecule has 1 rings (SSSR count). The summed E-state index contributed by atoms with van der Waals surface area (Å²) in [6.07, 6.45) is 2.27. The number of carbonyl (C=O) groups is 1. The number of carboxylic acid groups (broad SMARTS) is 1. The Balaban J connectivity index is 0.000000810. The molecule has 0 atom stereocenters. The number of rotatable bonds is 1. The fraction of sp³-hybridized carbons (Fsp3) is 0. The third-order valence-electron chi connectivity index (χ3n) is 0.744. The molecular formula is C4H4KN3O2. The summed E-state index contributed by atoms with van der Waals surface area (Å²) in [6.45, 7) is 0. The summed E-state index contributed by atoms with van der Waals surface area (Å²) in [5, 5.41) is 18.0. The van der Waals surface area contributed by atoms with E-state index in [-0.39, 0.29) is 56.9 Å². The third-order valence-corrected chi connectivity index (χ3v) is 0.744. The Morgan fingerprint density at radius 2 is 1.90 bits per heavy atom. The van der Waals surface area contributed by atoms with E-state index in [2.05, 4.69) is 15.4 Å². The van der Waals surface area contributed by atoms with Crippen molar-refractivity contribution in [3.63, 3.8) is 0 Å². The van der Waals surface area contributed by atoms with Crippen LogP contribution in [0.1, 0.15) is 10.4 Å². The van der Waals surface area contributed by atoms with Gasteiger partial charge in [0.15, 0.2) is 0 Å². The number of aromatic nitrogens is 3. The first kappa shape index (κ1) is 10.1. The van der Waals surface area contributed by atoms with Crippen LogP contribution in [-0.4, -0.2) is 77.9 Å². The number of hydrogen-bond donors (Lipinski definition) is 1. The number of aromatic carboxylic acids is 1. The van der Waals surface area contributed by atoms with Crippen molar-refractivity contribution in [1.82, 2.24) is 15.4 Å². The van der Waals surface area contributed by atoms with Crippen molar-refractivity contribution in [2.75, 3.05) is 0 Å². The molecule has 0 aliphatic heterocycles. The van der Waals surface area contributed by atoms with Crippen LogP contribution in [0.15, 0.2) is 12.4 Å². The van der Waals surface area contributed by atoms with Gasteiger partial charge in [-0.05, 0) is 5.21 Å². The van der Waals surface area contributed by atoms with Crippen LogP contribution in [0.3, 0.4) is 0 Å². The first-order valence-corrected chi connectivity index (χ1v) is 2.17. The molecule has 5 nitrogen and oxygen atoms in total. The molecule has 0 amide bonds. The molecule has 0 bridgehead atoms. The first-order valence-electron chi connectivity index (χ1n) is 2.17. The molecule has 10 heavy (non-hydrogen) atoms. The molecule has 0 aromatic carbocycles. The minimum atomic E-state index is -1.04. The molecule has 48 valence electrons. The fourth-order valence-corrected chi connectivity index (χ4v) is 0.350. The van der Waals surface area contributed by atoms with E-state index < -0.39 is 5.97 Å². The van der Waals surface area contributed by atoms with Gasteiger partial charge in [0.1, 0.15) is 0 Å². The van der Waals surface area contributed by atoms with Crippen molar-refractivity contribution in [2.24, 2.45) is 0 Å². The van der Waals surface area contributed by atoms with E-state index in [1.54, 1.807) is 0 Å². The molecule has 0 saturated carbocycles. The second kappa shape index (κ2) is 4.86. The van der Waals surface area contributed by atoms with Crippen LogP contribution in [0, 0.1) is 0 Å². The third kappa shape index (κ3) is 2.80. The topological polar surface area (TPSA) is 76.0 Å².